The van der Waals surface area contributed by atoms with E-state index in [0.717, 1.165) is 12.8 Å². The van der Waals surface area contributed by atoms with Gasteiger partial charge in [-0.3, -0.25) is 5.26 Å². The van der Waals surface area contributed by atoms with Crippen LogP contribution < -0.4 is 0 Å². The average Bonchev–Trinajstić information content (AvgIpc) is 2.16. The molecular weight excluding hydrogens is 192 g/mol. The summed E-state index contributed by atoms with van der Waals surface area (Å²) in [5.74, 6) is 5.56. The van der Waals surface area contributed by atoms with Crippen LogP contribution in [0.15, 0.2) is 0 Å². The molecule has 0 aromatic rings. The maximum absolute atomic E-state index is 9.83. The molecule has 0 fully saturated rings. The highest BCUT2D eigenvalue weighted by Crippen LogP contribution is 2.17. The van der Waals surface area contributed by atoms with Crippen LogP contribution in [0, 0.1) is 11.8 Å². The molecule has 88 valence electrons. The van der Waals surface area contributed by atoms with Crippen LogP contribution in [0.25, 0.3) is 0 Å². The first-order chi connectivity index (χ1) is 6.89. The highest BCUT2D eigenvalue weighted by Gasteiger charge is 2.23. The van der Waals surface area contributed by atoms with Crippen molar-refractivity contribution < 1.29 is 15.3 Å². The van der Waals surface area contributed by atoms with Crippen LogP contribution in [-0.4, -0.2) is 21.6 Å². The molecule has 2 N–H and O–H groups in total. The molecule has 0 spiro atoms. The van der Waals surface area contributed by atoms with E-state index < -0.39 is 11.2 Å². The van der Waals surface area contributed by atoms with E-state index in [1.54, 1.807) is 13.8 Å². The van der Waals surface area contributed by atoms with Crippen LogP contribution in [0.1, 0.15) is 53.4 Å². The van der Waals surface area contributed by atoms with Gasteiger partial charge in [-0.05, 0) is 26.7 Å². The predicted molar refractivity (Wildman–Crippen MR) is 60.3 cm³/mol. The van der Waals surface area contributed by atoms with Gasteiger partial charge in [0.2, 0.25) is 0 Å². The van der Waals surface area contributed by atoms with Crippen LogP contribution in [0.5, 0.6) is 0 Å². The van der Waals surface area contributed by atoms with Crippen LogP contribution >= 0.6 is 0 Å². The van der Waals surface area contributed by atoms with E-state index in [0.29, 0.717) is 12.8 Å². The highest BCUT2D eigenvalue weighted by molar-refractivity contribution is 5.19. The van der Waals surface area contributed by atoms with Crippen molar-refractivity contribution in [2.45, 2.75) is 64.6 Å². The fourth-order valence-corrected chi connectivity index (χ4v) is 1.42. The maximum Gasteiger partial charge on any atom is 0.160 e. The summed E-state index contributed by atoms with van der Waals surface area (Å²) in [6.07, 6.45) is 2.99. The van der Waals surface area contributed by atoms with E-state index in [-0.39, 0.29) is 0 Å². The van der Waals surface area contributed by atoms with Crippen molar-refractivity contribution in [3.63, 3.8) is 0 Å². The monoisotopic (exact) mass is 214 g/mol. The van der Waals surface area contributed by atoms with Crippen LogP contribution in [0.4, 0.5) is 0 Å². The second-order valence-corrected chi connectivity index (χ2v) is 4.35. The third kappa shape index (κ3) is 5.78. The van der Waals surface area contributed by atoms with Crippen LogP contribution in [0.3, 0.4) is 0 Å². The zero-order chi connectivity index (χ0) is 11.9. The summed E-state index contributed by atoms with van der Waals surface area (Å²) >= 11 is 0. The Kier molecular flexibility index (Phi) is 5.89. The maximum atomic E-state index is 9.83. The Morgan fingerprint density at radius 1 is 1.07 bits per heavy atom. The van der Waals surface area contributed by atoms with E-state index in [1.807, 2.05) is 13.8 Å². The molecule has 0 radical (unpaired) electrons. The lowest BCUT2D eigenvalue weighted by molar-refractivity contribution is -0.300. The topological polar surface area (TPSA) is 49.7 Å². The molecule has 3 heteroatoms. The lowest BCUT2D eigenvalue weighted by Gasteiger charge is -2.20. The predicted octanol–water partition coefficient (Wildman–Crippen LogP) is 2.59. The van der Waals surface area contributed by atoms with Gasteiger partial charge in [0.15, 0.2) is 5.60 Å². The molecule has 0 amide bonds. The van der Waals surface area contributed by atoms with Gasteiger partial charge in [0.1, 0.15) is 5.60 Å². The molecule has 0 saturated heterocycles. The first-order valence-corrected chi connectivity index (χ1v) is 5.48. The van der Waals surface area contributed by atoms with Crippen molar-refractivity contribution in [1.29, 1.82) is 0 Å². The van der Waals surface area contributed by atoms with Gasteiger partial charge >= 0.3 is 0 Å². The van der Waals surface area contributed by atoms with Gasteiger partial charge in [-0.25, -0.2) is 4.89 Å². The number of hydrogen-bond donors (Lipinski definition) is 2. The van der Waals surface area contributed by atoms with Gasteiger partial charge in [0.25, 0.3) is 0 Å². The van der Waals surface area contributed by atoms with E-state index in [2.05, 4.69) is 16.7 Å². The summed E-state index contributed by atoms with van der Waals surface area (Å²) in [7, 11) is 0. The minimum Gasteiger partial charge on any atom is -0.378 e. The quantitative estimate of drug-likeness (QED) is 0.420. The average molecular weight is 214 g/mol. The van der Waals surface area contributed by atoms with Crippen LogP contribution in [-0.2, 0) is 4.89 Å². The second kappa shape index (κ2) is 6.12. The molecule has 0 saturated carbocycles. The molecule has 0 aromatic heterocycles. The van der Waals surface area contributed by atoms with Crippen LogP contribution in [0.2, 0.25) is 0 Å². The molecule has 0 heterocycles. The minimum atomic E-state index is -0.998. The van der Waals surface area contributed by atoms with Gasteiger partial charge in [-0.1, -0.05) is 38.5 Å². The van der Waals surface area contributed by atoms with Crippen molar-refractivity contribution in [2.24, 2.45) is 0 Å². The van der Waals surface area contributed by atoms with Crippen molar-refractivity contribution in [3.8, 4) is 11.8 Å². The molecule has 0 aliphatic heterocycles. The van der Waals surface area contributed by atoms with Gasteiger partial charge in [0, 0.05) is 0 Å². The van der Waals surface area contributed by atoms with Crippen molar-refractivity contribution >= 4 is 0 Å². The molecule has 15 heavy (non-hydrogen) atoms. The standard InChI is InChI=1S/C12H22O3/c1-5-7-11(3,13)9-10-12(4,15-14)8-6-2/h13-14H,5-8H2,1-4H3. The Morgan fingerprint density at radius 3 is 2.00 bits per heavy atom. The van der Waals surface area contributed by atoms with E-state index in [9.17, 15) is 5.11 Å². The third-order valence-electron chi connectivity index (χ3n) is 2.26. The normalized spacial score (nSPS) is 18.5. The molecule has 0 aliphatic carbocycles. The SMILES string of the molecule is CCCC(C)(O)C#CC(C)(CCC)OO. The summed E-state index contributed by atoms with van der Waals surface area (Å²) in [5.41, 5.74) is -1.87. The summed E-state index contributed by atoms with van der Waals surface area (Å²) in [5, 5.41) is 18.6. The lowest BCUT2D eigenvalue weighted by atomic mass is 9.96. The van der Waals surface area contributed by atoms with Crippen molar-refractivity contribution in [2.75, 3.05) is 0 Å². The minimum absolute atomic E-state index is 0.619. The molecule has 2 unspecified atom stereocenters. The molecule has 2 atom stereocenters. The molecule has 0 aromatic carbocycles. The van der Waals surface area contributed by atoms with Gasteiger partial charge in [-0.15, -0.1) is 0 Å². The number of rotatable bonds is 5. The van der Waals surface area contributed by atoms with E-state index >= 15 is 0 Å². The molecule has 0 rings (SSSR count). The van der Waals surface area contributed by atoms with Crippen molar-refractivity contribution in [1.82, 2.24) is 0 Å². The van der Waals surface area contributed by atoms with Crippen molar-refractivity contribution in [3.05, 3.63) is 0 Å². The lowest BCUT2D eigenvalue weighted by Crippen LogP contribution is -2.28. The molecule has 3 nitrogen and oxygen atoms in total. The largest absolute Gasteiger partial charge is 0.378 e. The Bertz CT molecular complexity index is 237. The molecule has 0 bridgehead atoms. The summed E-state index contributed by atoms with van der Waals surface area (Å²) in [6.45, 7) is 7.37. The van der Waals surface area contributed by atoms with Gasteiger partial charge in [0.05, 0.1) is 0 Å². The third-order valence-corrected chi connectivity index (χ3v) is 2.26. The molecule has 0 aliphatic rings. The Hall–Kier alpha value is -0.560. The fourth-order valence-electron chi connectivity index (χ4n) is 1.42. The van der Waals surface area contributed by atoms with Gasteiger partial charge in [-0.2, -0.15) is 0 Å². The van der Waals surface area contributed by atoms with Gasteiger partial charge < -0.3 is 5.11 Å². The number of aliphatic hydroxyl groups is 1. The Labute approximate surface area is 92.4 Å². The Balaban J connectivity index is 4.58. The number of hydrogen-bond acceptors (Lipinski definition) is 3. The summed E-state index contributed by atoms with van der Waals surface area (Å²) in [6, 6.07) is 0. The summed E-state index contributed by atoms with van der Waals surface area (Å²) in [4.78, 5) is 4.37. The zero-order valence-electron chi connectivity index (χ0n) is 10.1. The molecular formula is C12H22O3. The highest BCUT2D eigenvalue weighted by atomic mass is 17.1. The summed E-state index contributed by atoms with van der Waals surface area (Å²) < 4.78 is 0. The van der Waals surface area contributed by atoms with E-state index in [1.165, 1.54) is 0 Å². The van der Waals surface area contributed by atoms with E-state index in [4.69, 9.17) is 5.26 Å². The second-order valence-electron chi connectivity index (χ2n) is 4.35. The zero-order valence-corrected chi connectivity index (χ0v) is 10.1. The smallest absolute Gasteiger partial charge is 0.160 e. The first kappa shape index (κ1) is 14.4. The Morgan fingerprint density at radius 2 is 1.60 bits per heavy atom. The first-order valence-electron chi connectivity index (χ1n) is 5.48. The fraction of sp³-hybridized carbons (Fsp3) is 0.833.